The van der Waals surface area contributed by atoms with Crippen LogP contribution in [0.1, 0.15) is 48.2 Å². The number of rotatable bonds is 6. The van der Waals surface area contributed by atoms with Gasteiger partial charge in [0.1, 0.15) is 11.6 Å². The monoisotopic (exact) mass is 1200 g/mol. The summed E-state index contributed by atoms with van der Waals surface area (Å²) in [6, 6.07) is 95.7. The molecular weight excluding hydrogens is 1100 g/mol. The van der Waals surface area contributed by atoms with E-state index in [0.717, 1.165) is 99.4 Å². The number of pyridine rings is 3. The number of nitriles is 2. The van der Waals surface area contributed by atoms with Crippen molar-refractivity contribution < 1.29 is 66.0 Å². The van der Waals surface area contributed by atoms with Gasteiger partial charge in [-0.1, -0.05) is 176 Å². The Kier molecular flexibility index (Phi) is 14.9. The second-order valence-corrected chi connectivity index (χ2v) is 21.5. The number of hydrogen-bond donors (Lipinski definition) is 0. The van der Waals surface area contributed by atoms with Crippen molar-refractivity contribution in [3.63, 3.8) is 0 Å². The van der Waals surface area contributed by atoms with E-state index in [9.17, 15) is 15.6 Å². The van der Waals surface area contributed by atoms with Crippen LogP contribution < -0.4 is 29.0 Å². The molecule has 0 fully saturated rings. The smallest absolute Gasteiger partial charge is 0.868 e. The van der Waals surface area contributed by atoms with Crippen LogP contribution in [-0.4, -0.2) is 34.1 Å². The van der Waals surface area contributed by atoms with Gasteiger partial charge in [-0.3, -0.25) is 14.1 Å². The molecule has 0 spiro atoms. The molecule has 6 heterocycles. The molecule has 468 valence electrons. The molecule has 0 aliphatic heterocycles. The van der Waals surface area contributed by atoms with Gasteiger partial charge in [-0.15, -0.1) is 0 Å². The van der Waals surface area contributed by atoms with Crippen LogP contribution in [-0.2, 0) is 0 Å². The first-order chi connectivity index (χ1) is 43.9. The molecule has 6 aromatic heterocycles. The summed E-state index contributed by atoms with van der Waals surface area (Å²) in [6.45, 7) is 0. The van der Waals surface area contributed by atoms with Gasteiger partial charge in [-0.2, -0.15) is 10.5 Å². The standard InChI is InChI=1S/C38H24N4.C31H17N5.C9H7NO.Li.26H2/c1-3-9-30-23-32(20-14-25(30)7-1)37-40-36(41-38(42-37)33-21-15-26-8-2-4-10-31(26)24-33)29-18-16-27(17-19-29)34-13-5-11-28-12-6-22-39-35(28)34;32-18-20-12-14-28-24(16-20)25-17-21(19-33)13-15-29(25)36(28)31-11-5-10-30(34-31)35-26-8-3-1-6-22(26)23-7-2-4-9-27(23)35;11-8-5-1-3-7-4-2-6-10-9(7)8;;;;;;;;;;;;;;;;;;;;;;;;;;;/h1-24H;1-17H;1-6,11H;;26*1H/q;;;+1;;;;;;;;;;;;;;;;;;;;;;;;;;. The van der Waals surface area contributed by atoms with Crippen molar-refractivity contribution in [2.45, 2.75) is 0 Å². The number of aromatic amines is 1. The zero-order chi connectivity index (χ0) is 59.8. The summed E-state index contributed by atoms with van der Waals surface area (Å²) >= 11 is 0. The molecule has 12 heteroatoms. The first-order valence-corrected chi connectivity index (χ1v) is 29.0. The van der Waals surface area contributed by atoms with Gasteiger partial charge in [0.15, 0.2) is 23.7 Å². The molecule has 17 aromatic rings. The Morgan fingerprint density at radius 1 is 0.367 bits per heavy atom. The molecule has 0 atom stereocenters. The van der Waals surface area contributed by atoms with Gasteiger partial charge in [-0.25, -0.2) is 24.9 Å². The van der Waals surface area contributed by atoms with Gasteiger partial charge in [0.05, 0.1) is 50.8 Å². The Hall–Kier alpha value is -12.1. The van der Waals surface area contributed by atoms with Crippen LogP contribution in [0.2, 0.25) is 0 Å². The Morgan fingerprint density at radius 3 is 1.40 bits per heavy atom. The van der Waals surface area contributed by atoms with E-state index in [1.54, 1.807) is 18.3 Å². The summed E-state index contributed by atoms with van der Waals surface area (Å²) in [5, 5.41) is 41.1. The van der Waals surface area contributed by atoms with E-state index in [0.29, 0.717) is 34.1 Å². The molecular formula is C78H100LiN10O+. The van der Waals surface area contributed by atoms with Crippen molar-refractivity contribution in [1.29, 1.82) is 10.5 Å². The van der Waals surface area contributed by atoms with E-state index in [1.165, 1.54) is 21.5 Å². The maximum Gasteiger partial charge on any atom is 1.00 e. The topological polar surface area (TPSA) is 159 Å². The van der Waals surface area contributed by atoms with Crippen molar-refractivity contribution >= 4 is 87.0 Å². The van der Waals surface area contributed by atoms with Crippen molar-refractivity contribution in [1.82, 2.24) is 34.1 Å². The number of aromatic nitrogens is 8. The van der Waals surface area contributed by atoms with E-state index >= 15 is 0 Å². The summed E-state index contributed by atoms with van der Waals surface area (Å²) in [7, 11) is 0. The number of nitrogens with zero attached hydrogens (tertiary/aromatic N) is 9. The minimum atomic E-state index is 0. The Morgan fingerprint density at radius 2 is 0.822 bits per heavy atom. The third-order valence-corrected chi connectivity index (χ3v) is 16.2. The molecule has 11 nitrogen and oxygen atoms in total. The maximum absolute atomic E-state index is 11.1. The Balaban J connectivity index is -0.000000122. The van der Waals surface area contributed by atoms with Crippen molar-refractivity contribution in [3.8, 4) is 74.8 Å². The average Bonchev–Trinajstić information content (AvgIpc) is 1.58. The number of hydrogen-bond acceptors (Lipinski definition) is 8. The van der Waals surface area contributed by atoms with Crippen LogP contribution in [0.3, 0.4) is 0 Å². The SMILES string of the molecule is N#Cc1ccc2c(c1)c1cc(C#N)ccc1n2-c1cccc(-n2c3ccccc3c3ccccc32)n1.[HH].[HH].[HH].[HH].[HH].[HH].[HH].[HH].[HH].[HH].[HH].[HH].[HH].[HH].[HH].[HH].[HH].[HH].[HH].[HH].[HH].[HH].[HH].[HH].[HH].[HH].[Li+].[O-]c1cccc2ccc[nH+]c12.c1ccc2cc(-c3nc(-c4ccc(-c5cccc6cccnc56)cc4)nc(-c4ccc5ccccc5c4)n3)ccc2c1. The second-order valence-electron chi connectivity index (χ2n) is 21.5. The second kappa shape index (κ2) is 24.0. The van der Waals surface area contributed by atoms with Gasteiger partial charge in [0.2, 0.25) is 5.52 Å². The van der Waals surface area contributed by atoms with Gasteiger partial charge in [0, 0.05) is 104 Å². The molecule has 90 heavy (non-hydrogen) atoms. The van der Waals surface area contributed by atoms with E-state index in [1.807, 2.05) is 97.2 Å². The zero-order valence-electron chi connectivity index (χ0n) is 48.6. The van der Waals surface area contributed by atoms with Crippen LogP contribution in [0.4, 0.5) is 0 Å². The average molecular weight is 1200 g/mol. The molecule has 0 amide bonds. The van der Waals surface area contributed by atoms with Crippen LogP contribution in [0.25, 0.3) is 144 Å². The Bertz CT molecular complexity index is 5560. The van der Waals surface area contributed by atoms with E-state index in [-0.39, 0.29) is 61.7 Å². The molecule has 1 N–H and O–H groups in total. The largest absolute Gasteiger partial charge is 1.00 e. The van der Waals surface area contributed by atoms with E-state index < -0.39 is 0 Å². The van der Waals surface area contributed by atoms with Gasteiger partial charge in [-0.05, 0) is 124 Å². The quantitative estimate of drug-likeness (QED) is 0.149. The fraction of sp³-hybridized carbons (Fsp3) is 0. The molecule has 0 unspecified atom stereocenters. The summed E-state index contributed by atoms with van der Waals surface area (Å²) in [5.41, 5.74) is 11.9. The summed E-state index contributed by atoms with van der Waals surface area (Å²) < 4.78 is 4.30. The maximum atomic E-state index is 11.1. The molecule has 17 rings (SSSR count). The third kappa shape index (κ3) is 10.4. The molecule has 11 aromatic carbocycles. The van der Waals surface area contributed by atoms with E-state index in [2.05, 4.69) is 201 Å². The molecule has 0 aliphatic carbocycles. The molecule has 0 saturated heterocycles. The zero-order valence-corrected chi connectivity index (χ0v) is 48.6. The van der Waals surface area contributed by atoms with Gasteiger partial charge >= 0.3 is 18.9 Å². The first-order valence-electron chi connectivity index (χ1n) is 29.0. The van der Waals surface area contributed by atoms with Crippen molar-refractivity contribution in [2.24, 2.45) is 0 Å². The number of fused-ring (bicyclic) bond motifs is 10. The van der Waals surface area contributed by atoms with E-state index in [4.69, 9.17) is 19.9 Å². The number of benzene rings is 11. The first kappa shape index (κ1) is 55.7. The van der Waals surface area contributed by atoms with Crippen LogP contribution in [0.5, 0.6) is 5.75 Å². The molecule has 0 saturated carbocycles. The fourth-order valence-electron chi connectivity index (χ4n) is 11.9. The number of nitrogens with one attached hydrogen (secondary N) is 1. The normalized spacial score (nSPS) is 11.0. The van der Waals surface area contributed by atoms with Crippen LogP contribution >= 0.6 is 0 Å². The van der Waals surface area contributed by atoms with Gasteiger partial charge < -0.3 is 5.11 Å². The fourth-order valence-corrected chi connectivity index (χ4v) is 11.9. The predicted molar refractivity (Wildman–Crippen MR) is 409 cm³/mol. The minimum absolute atomic E-state index is 0. The van der Waals surface area contributed by atoms with Crippen LogP contribution in [0.15, 0.2) is 285 Å². The summed E-state index contributed by atoms with van der Waals surface area (Å²) in [6.07, 6.45) is 3.59. The van der Waals surface area contributed by atoms with Gasteiger partial charge in [0.25, 0.3) is 0 Å². The van der Waals surface area contributed by atoms with Crippen LogP contribution in [0, 0.1) is 22.7 Å². The summed E-state index contributed by atoms with van der Waals surface area (Å²) in [5.74, 6) is 3.57. The predicted octanol–water partition coefficient (Wildman–Crippen LogP) is 20.5. The number of para-hydroxylation sites is 4. The third-order valence-electron chi connectivity index (χ3n) is 16.2. The molecule has 0 radical (unpaired) electrons. The van der Waals surface area contributed by atoms with Crippen molar-refractivity contribution in [2.75, 3.05) is 0 Å². The Labute approximate surface area is 567 Å². The molecule has 0 aliphatic rings. The van der Waals surface area contributed by atoms with Crippen molar-refractivity contribution in [3.05, 3.63) is 297 Å². The summed E-state index contributed by atoms with van der Waals surface area (Å²) in [4.78, 5) is 27.6. The minimum Gasteiger partial charge on any atom is -0.868 e. The molecule has 0 bridgehead atoms. The number of H-pyrrole nitrogens is 1.